The summed E-state index contributed by atoms with van der Waals surface area (Å²) in [6, 6.07) is 10.5. The lowest BCUT2D eigenvalue weighted by molar-refractivity contribution is -0.137. The van der Waals surface area contributed by atoms with Gasteiger partial charge in [-0.15, -0.1) is 0 Å². The van der Waals surface area contributed by atoms with Crippen molar-refractivity contribution < 1.29 is 45.8 Å². The maximum absolute atomic E-state index is 15.3. The summed E-state index contributed by atoms with van der Waals surface area (Å²) in [4.78, 5) is 26.7. The quantitative estimate of drug-likeness (QED) is 0.187. The lowest BCUT2D eigenvalue weighted by Gasteiger charge is -2.36. The topological polar surface area (TPSA) is 65.1 Å². The normalized spacial score (nSPS) is 19.6. The van der Waals surface area contributed by atoms with Crippen molar-refractivity contribution in [3.05, 3.63) is 93.6 Å². The molecule has 250 valence electrons. The zero-order valence-electron chi connectivity index (χ0n) is 27.0. The minimum Gasteiger partial charge on any atom is -0.496 e. The number of esters is 1. The molecular weight excluding hydrogens is 621 g/mol. The number of hydrogen-bond donors (Lipinski definition) is 0. The molecule has 1 amide bonds. The molecule has 3 aromatic rings. The van der Waals surface area contributed by atoms with E-state index in [9.17, 15) is 27.2 Å². The number of carbonyl (C=O) groups is 2. The molecule has 11 heteroatoms. The Hall–Kier alpha value is -4.41. The second-order valence-electron chi connectivity index (χ2n) is 12.9. The van der Waals surface area contributed by atoms with Crippen molar-refractivity contribution in [1.29, 1.82) is 0 Å². The van der Waals surface area contributed by atoms with Crippen LogP contribution in [0.4, 0.5) is 26.7 Å². The minimum absolute atomic E-state index is 0.0617. The van der Waals surface area contributed by atoms with Gasteiger partial charge in [-0.3, -0.25) is 4.90 Å². The largest absolute Gasteiger partial charge is 0.496 e. The SMILES string of the molecule is COC(=O)c1ccc(-c2ccc(OC)c(C3=C(CN4C(=O)O[C@H](c5cc(C)cc(C(F)(F)F)c5)[C@@H]4C)CC(C)(C)CC3)c2)c(F)c1F. The number of carbonyl (C=O) groups excluding carboxylic acids is 2. The van der Waals surface area contributed by atoms with Gasteiger partial charge in [0.15, 0.2) is 11.6 Å². The number of halogens is 5. The van der Waals surface area contributed by atoms with E-state index in [1.807, 2.05) is 0 Å². The Bertz CT molecular complexity index is 1760. The van der Waals surface area contributed by atoms with Crippen molar-refractivity contribution in [2.45, 2.75) is 65.3 Å². The van der Waals surface area contributed by atoms with Crippen molar-refractivity contribution in [2.24, 2.45) is 5.41 Å². The molecule has 3 aromatic carbocycles. The molecule has 0 N–H and O–H groups in total. The molecule has 0 spiro atoms. The highest BCUT2D eigenvalue weighted by Crippen LogP contribution is 2.47. The van der Waals surface area contributed by atoms with Crippen LogP contribution in [0.15, 0.2) is 54.1 Å². The molecule has 0 aromatic heterocycles. The fourth-order valence-electron chi connectivity index (χ4n) is 6.55. The first-order valence-corrected chi connectivity index (χ1v) is 15.2. The van der Waals surface area contributed by atoms with Crippen molar-refractivity contribution in [3.63, 3.8) is 0 Å². The van der Waals surface area contributed by atoms with E-state index in [0.29, 0.717) is 35.3 Å². The van der Waals surface area contributed by atoms with E-state index in [-0.39, 0.29) is 23.1 Å². The summed E-state index contributed by atoms with van der Waals surface area (Å²) in [6.07, 6.45) is -4.12. The van der Waals surface area contributed by atoms with Gasteiger partial charge in [-0.25, -0.2) is 18.4 Å². The minimum atomic E-state index is -4.55. The van der Waals surface area contributed by atoms with Gasteiger partial charge in [-0.2, -0.15) is 13.2 Å². The summed E-state index contributed by atoms with van der Waals surface area (Å²) in [5.41, 5.74) is 1.89. The first-order chi connectivity index (χ1) is 22.0. The number of nitrogens with zero attached hydrogens (tertiary/aromatic N) is 1. The van der Waals surface area contributed by atoms with Gasteiger partial charge in [0.05, 0.1) is 31.4 Å². The molecule has 1 aliphatic heterocycles. The van der Waals surface area contributed by atoms with E-state index >= 15 is 4.39 Å². The van der Waals surface area contributed by atoms with Crippen LogP contribution in [0.2, 0.25) is 0 Å². The number of cyclic esters (lactones) is 1. The predicted octanol–water partition coefficient (Wildman–Crippen LogP) is 9.30. The molecule has 1 fully saturated rings. The lowest BCUT2D eigenvalue weighted by Crippen LogP contribution is -2.35. The third-order valence-electron chi connectivity index (χ3n) is 9.00. The highest BCUT2D eigenvalue weighted by atomic mass is 19.4. The molecule has 1 heterocycles. The van der Waals surface area contributed by atoms with E-state index in [1.54, 1.807) is 38.1 Å². The van der Waals surface area contributed by atoms with Crippen molar-refractivity contribution in [2.75, 3.05) is 20.8 Å². The molecule has 0 radical (unpaired) electrons. The van der Waals surface area contributed by atoms with E-state index < -0.39 is 53.1 Å². The maximum Gasteiger partial charge on any atom is 0.416 e. The molecular formula is C36H36F5NO5. The fraction of sp³-hybridized carbons (Fsp3) is 0.389. The van der Waals surface area contributed by atoms with Gasteiger partial charge >= 0.3 is 18.2 Å². The summed E-state index contributed by atoms with van der Waals surface area (Å²) < 4.78 is 86.8. The van der Waals surface area contributed by atoms with E-state index in [0.717, 1.165) is 36.8 Å². The molecule has 5 rings (SSSR count). The second-order valence-corrected chi connectivity index (χ2v) is 12.9. The first kappa shape index (κ1) is 33.9. The van der Waals surface area contributed by atoms with Gasteiger partial charge in [0.1, 0.15) is 11.9 Å². The molecule has 0 saturated carbocycles. The first-order valence-electron chi connectivity index (χ1n) is 15.2. The Kier molecular flexibility index (Phi) is 9.14. The average Bonchev–Trinajstić information content (AvgIpc) is 3.29. The van der Waals surface area contributed by atoms with Crippen molar-refractivity contribution in [1.82, 2.24) is 4.90 Å². The summed E-state index contributed by atoms with van der Waals surface area (Å²) in [5.74, 6) is -3.03. The number of methoxy groups -OCH3 is 2. The molecule has 0 unspecified atom stereocenters. The number of alkyl halides is 3. The fourth-order valence-corrected chi connectivity index (χ4v) is 6.55. The van der Waals surface area contributed by atoms with Gasteiger partial charge in [-0.05, 0) is 91.1 Å². The molecule has 2 aliphatic rings. The van der Waals surface area contributed by atoms with Crippen LogP contribution < -0.4 is 4.74 Å². The lowest BCUT2D eigenvalue weighted by atomic mass is 9.72. The second kappa shape index (κ2) is 12.7. The average molecular weight is 658 g/mol. The number of benzene rings is 3. The van der Waals surface area contributed by atoms with E-state index in [4.69, 9.17) is 9.47 Å². The highest BCUT2D eigenvalue weighted by molar-refractivity contribution is 5.90. The molecule has 1 saturated heterocycles. The third kappa shape index (κ3) is 6.71. The van der Waals surface area contributed by atoms with Crippen LogP contribution in [-0.4, -0.2) is 43.8 Å². The summed E-state index contributed by atoms with van der Waals surface area (Å²) in [7, 11) is 2.58. The molecule has 6 nitrogen and oxygen atoms in total. The number of amides is 1. The van der Waals surface area contributed by atoms with Gasteiger partial charge in [0.25, 0.3) is 0 Å². The van der Waals surface area contributed by atoms with Crippen LogP contribution in [-0.2, 0) is 15.7 Å². The Balaban J connectivity index is 1.55. The summed E-state index contributed by atoms with van der Waals surface area (Å²) in [6.45, 7) is 7.68. The van der Waals surface area contributed by atoms with Crippen LogP contribution in [0.3, 0.4) is 0 Å². The van der Waals surface area contributed by atoms with Crippen LogP contribution >= 0.6 is 0 Å². The molecule has 47 heavy (non-hydrogen) atoms. The summed E-state index contributed by atoms with van der Waals surface area (Å²) in [5, 5.41) is 0. The molecule has 2 atom stereocenters. The smallest absolute Gasteiger partial charge is 0.416 e. The van der Waals surface area contributed by atoms with E-state index in [1.165, 1.54) is 24.1 Å². The predicted molar refractivity (Wildman–Crippen MR) is 166 cm³/mol. The summed E-state index contributed by atoms with van der Waals surface area (Å²) >= 11 is 0. The standard InChI is InChI=1S/C36H36F5NO5/c1-19-13-22(15-24(14-19)36(39,40)41)32-20(2)42(34(44)47-32)18-23-17-35(3,4)12-11-25(23)28-16-21(7-10-29(28)45-5)26-8-9-27(33(43)46-6)31(38)30(26)37/h7-10,13-16,20,32H,11-12,17-18H2,1-6H3/t20-,32-/m0/s1. The molecule has 1 aliphatic carbocycles. The van der Waals surface area contributed by atoms with Gasteiger partial charge < -0.3 is 14.2 Å². The van der Waals surface area contributed by atoms with Crippen LogP contribution in [0.5, 0.6) is 5.75 Å². The van der Waals surface area contributed by atoms with Gasteiger partial charge in [0.2, 0.25) is 0 Å². The van der Waals surface area contributed by atoms with Crippen LogP contribution in [0, 0.1) is 24.0 Å². The Morgan fingerprint density at radius 3 is 2.40 bits per heavy atom. The number of rotatable bonds is 7. The number of allylic oxidation sites excluding steroid dienone is 1. The zero-order valence-corrected chi connectivity index (χ0v) is 27.0. The highest BCUT2D eigenvalue weighted by Gasteiger charge is 2.42. The van der Waals surface area contributed by atoms with E-state index in [2.05, 4.69) is 18.6 Å². The van der Waals surface area contributed by atoms with Crippen LogP contribution in [0.25, 0.3) is 16.7 Å². The number of ether oxygens (including phenoxy) is 3. The third-order valence-corrected chi connectivity index (χ3v) is 9.00. The van der Waals surface area contributed by atoms with Crippen molar-refractivity contribution >= 4 is 17.6 Å². The number of hydrogen-bond acceptors (Lipinski definition) is 5. The zero-order chi connectivity index (χ0) is 34.4. The van der Waals surface area contributed by atoms with Gasteiger partial charge in [0, 0.05) is 17.7 Å². The molecule has 0 bridgehead atoms. The maximum atomic E-state index is 15.3. The Labute approximate surface area is 270 Å². The van der Waals surface area contributed by atoms with Gasteiger partial charge in [-0.1, -0.05) is 37.6 Å². The number of aryl methyl sites for hydroxylation is 1. The monoisotopic (exact) mass is 657 g/mol. The Morgan fingerprint density at radius 1 is 1.02 bits per heavy atom. The van der Waals surface area contributed by atoms with Crippen molar-refractivity contribution in [3.8, 4) is 16.9 Å². The Morgan fingerprint density at radius 2 is 1.74 bits per heavy atom. The van der Waals surface area contributed by atoms with Crippen LogP contribution in [0.1, 0.15) is 78.7 Å².